The number of likely N-dealkylation sites (tertiary alicyclic amines) is 1. The molecular formula is C10H20BF3N-. The molecule has 0 aromatic rings. The van der Waals surface area contributed by atoms with E-state index in [-0.39, 0.29) is 5.41 Å². The van der Waals surface area contributed by atoms with Crippen LogP contribution in [0.15, 0.2) is 0 Å². The molecule has 1 saturated heterocycles. The molecule has 0 atom stereocenters. The minimum atomic E-state index is -4.65. The van der Waals surface area contributed by atoms with Crippen LogP contribution in [-0.2, 0) is 0 Å². The second-order valence-electron chi connectivity index (χ2n) is 5.65. The van der Waals surface area contributed by atoms with Crippen LogP contribution in [0.4, 0.5) is 12.9 Å². The smallest absolute Gasteiger partial charge is 0.448 e. The van der Waals surface area contributed by atoms with Gasteiger partial charge in [0, 0.05) is 0 Å². The van der Waals surface area contributed by atoms with Crippen molar-refractivity contribution in [2.24, 2.45) is 11.3 Å². The summed E-state index contributed by atoms with van der Waals surface area (Å²) in [7, 11) is 0. The molecule has 1 heterocycles. The zero-order valence-corrected chi connectivity index (χ0v) is 9.77. The van der Waals surface area contributed by atoms with E-state index in [0.29, 0.717) is 19.0 Å². The Balaban J connectivity index is 2.37. The van der Waals surface area contributed by atoms with Crippen LogP contribution in [0, 0.1) is 11.3 Å². The van der Waals surface area contributed by atoms with E-state index in [9.17, 15) is 12.9 Å². The molecule has 0 saturated carbocycles. The van der Waals surface area contributed by atoms with E-state index < -0.39 is 13.4 Å². The average Bonchev–Trinajstić information content (AvgIpc) is 2.00. The van der Waals surface area contributed by atoms with Gasteiger partial charge < -0.3 is 17.8 Å². The van der Waals surface area contributed by atoms with E-state index in [1.54, 1.807) is 4.90 Å². The topological polar surface area (TPSA) is 3.24 Å². The summed E-state index contributed by atoms with van der Waals surface area (Å²) in [6.45, 7) is 3.05. The number of hydrogen-bond donors (Lipinski definition) is 0. The third-order valence-electron chi connectivity index (χ3n) is 3.28. The minimum absolute atomic E-state index is 0.232. The van der Waals surface area contributed by atoms with E-state index in [1.807, 2.05) is 0 Å². The van der Waals surface area contributed by atoms with Gasteiger partial charge in [-0.05, 0) is 43.7 Å². The van der Waals surface area contributed by atoms with Gasteiger partial charge in [0.15, 0.2) is 0 Å². The zero-order chi connectivity index (χ0) is 11.7. The Labute approximate surface area is 90.1 Å². The van der Waals surface area contributed by atoms with Gasteiger partial charge in [-0.1, -0.05) is 20.8 Å². The first-order valence-corrected chi connectivity index (χ1v) is 5.62. The first-order valence-electron chi connectivity index (χ1n) is 5.62. The number of hydrogen-bond acceptors (Lipinski definition) is 1. The third kappa shape index (κ3) is 4.45. The quantitative estimate of drug-likeness (QED) is 0.648. The van der Waals surface area contributed by atoms with Crippen LogP contribution < -0.4 is 0 Å². The summed E-state index contributed by atoms with van der Waals surface area (Å²) in [6.07, 6.45) is 1.11. The van der Waals surface area contributed by atoms with E-state index in [1.165, 1.54) is 0 Å². The summed E-state index contributed by atoms with van der Waals surface area (Å²) in [5, 5.41) is 0. The Morgan fingerprint density at radius 3 is 1.93 bits per heavy atom. The predicted molar refractivity (Wildman–Crippen MR) is 57.7 cm³/mol. The normalized spacial score (nSPS) is 22.0. The second kappa shape index (κ2) is 4.36. The van der Waals surface area contributed by atoms with Crippen molar-refractivity contribution >= 4 is 6.98 Å². The molecule has 1 aliphatic rings. The average molecular weight is 222 g/mol. The molecule has 1 nitrogen and oxygen atoms in total. The lowest BCUT2D eigenvalue weighted by atomic mass is 9.75. The number of rotatable bonds is 2. The molecule has 1 fully saturated rings. The van der Waals surface area contributed by atoms with Crippen molar-refractivity contribution < 1.29 is 12.9 Å². The number of piperidine rings is 1. The SMILES string of the molecule is CC(C)(C)C1CCN(C[B-](F)(F)F)CC1. The van der Waals surface area contributed by atoms with Crippen LogP contribution in [0.1, 0.15) is 33.6 Å². The van der Waals surface area contributed by atoms with Gasteiger partial charge in [0.2, 0.25) is 0 Å². The maximum atomic E-state index is 12.2. The molecule has 0 aliphatic carbocycles. The van der Waals surface area contributed by atoms with E-state index in [0.717, 1.165) is 12.8 Å². The minimum Gasteiger partial charge on any atom is -0.448 e. The van der Waals surface area contributed by atoms with Gasteiger partial charge in [0.1, 0.15) is 0 Å². The highest BCUT2D eigenvalue weighted by atomic mass is 19.4. The fraction of sp³-hybridized carbons (Fsp3) is 1.00. The molecule has 5 heteroatoms. The molecule has 0 N–H and O–H groups in total. The van der Waals surface area contributed by atoms with Crippen molar-refractivity contribution in [2.75, 3.05) is 19.5 Å². The standard InChI is InChI=1S/C10H20BF3N/c1-10(2,3)9-4-6-15(7-5-9)8-11(12,13)14/h9H,4-8H2,1-3H3/q-1. The van der Waals surface area contributed by atoms with Crippen LogP contribution in [-0.4, -0.2) is 31.4 Å². The van der Waals surface area contributed by atoms with Crippen molar-refractivity contribution in [3.63, 3.8) is 0 Å². The Bertz CT molecular complexity index is 202. The van der Waals surface area contributed by atoms with Crippen LogP contribution in [0.25, 0.3) is 0 Å². The molecule has 90 valence electrons. The first kappa shape index (κ1) is 12.9. The van der Waals surface area contributed by atoms with Crippen LogP contribution in [0.3, 0.4) is 0 Å². The lowest BCUT2D eigenvalue weighted by Gasteiger charge is -2.40. The van der Waals surface area contributed by atoms with E-state index in [2.05, 4.69) is 20.8 Å². The van der Waals surface area contributed by atoms with Gasteiger partial charge in [-0.3, -0.25) is 0 Å². The highest BCUT2D eigenvalue weighted by molar-refractivity contribution is 6.58. The summed E-state index contributed by atoms with van der Waals surface area (Å²) in [6, 6.07) is 0. The van der Waals surface area contributed by atoms with Gasteiger partial charge >= 0.3 is 6.98 Å². The molecule has 0 unspecified atom stereocenters. The summed E-state index contributed by atoms with van der Waals surface area (Å²) in [5.74, 6) is 0.564. The fourth-order valence-corrected chi connectivity index (χ4v) is 2.27. The monoisotopic (exact) mass is 222 g/mol. The van der Waals surface area contributed by atoms with Crippen molar-refractivity contribution in [1.29, 1.82) is 0 Å². The Morgan fingerprint density at radius 2 is 1.60 bits per heavy atom. The molecule has 0 radical (unpaired) electrons. The van der Waals surface area contributed by atoms with Gasteiger partial charge in [0.05, 0.1) is 0 Å². The van der Waals surface area contributed by atoms with Gasteiger partial charge in [-0.2, -0.15) is 0 Å². The maximum absolute atomic E-state index is 12.2. The van der Waals surface area contributed by atoms with Crippen molar-refractivity contribution in [3.05, 3.63) is 0 Å². The van der Waals surface area contributed by atoms with E-state index >= 15 is 0 Å². The second-order valence-corrected chi connectivity index (χ2v) is 5.65. The Kier molecular flexibility index (Phi) is 3.74. The van der Waals surface area contributed by atoms with Crippen LogP contribution >= 0.6 is 0 Å². The fourth-order valence-electron chi connectivity index (χ4n) is 2.27. The molecule has 0 amide bonds. The van der Waals surface area contributed by atoms with Crippen molar-refractivity contribution in [3.8, 4) is 0 Å². The Hall–Kier alpha value is -0.185. The number of nitrogens with zero attached hydrogens (tertiary/aromatic N) is 1. The molecule has 1 aliphatic heterocycles. The molecule has 0 spiro atoms. The summed E-state index contributed by atoms with van der Waals surface area (Å²) >= 11 is 0. The Morgan fingerprint density at radius 1 is 1.13 bits per heavy atom. The van der Waals surface area contributed by atoms with E-state index in [4.69, 9.17) is 0 Å². The van der Waals surface area contributed by atoms with Gasteiger partial charge in [0.25, 0.3) is 0 Å². The van der Waals surface area contributed by atoms with Crippen molar-refractivity contribution in [1.82, 2.24) is 4.90 Å². The van der Waals surface area contributed by atoms with Crippen LogP contribution in [0.2, 0.25) is 0 Å². The molecule has 15 heavy (non-hydrogen) atoms. The molecule has 0 bridgehead atoms. The molecule has 0 aromatic carbocycles. The third-order valence-corrected chi connectivity index (χ3v) is 3.28. The molecule has 1 rings (SSSR count). The van der Waals surface area contributed by atoms with Crippen LogP contribution in [0.5, 0.6) is 0 Å². The van der Waals surface area contributed by atoms with Gasteiger partial charge in [-0.15, -0.1) is 0 Å². The zero-order valence-electron chi connectivity index (χ0n) is 9.77. The largest absolute Gasteiger partial charge is 0.492 e. The highest BCUT2D eigenvalue weighted by Crippen LogP contribution is 2.34. The number of halogens is 3. The lowest BCUT2D eigenvalue weighted by molar-refractivity contribution is 0.117. The summed E-state index contributed by atoms with van der Waals surface area (Å²) in [5.41, 5.74) is 0.232. The summed E-state index contributed by atoms with van der Waals surface area (Å²) in [4.78, 5) is 1.54. The van der Waals surface area contributed by atoms with Crippen molar-refractivity contribution in [2.45, 2.75) is 33.6 Å². The van der Waals surface area contributed by atoms with Gasteiger partial charge in [-0.25, -0.2) is 0 Å². The lowest BCUT2D eigenvalue weighted by Crippen LogP contribution is -2.44. The first-order chi connectivity index (χ1) is 6.68. The molecular weight excluding hydrogens is 202 g/mol. The maximum Gasteiger partial charge on any atom is 0.492 e. The predicted octanol–water partition coefficient (Wildman–Crippen LogP) is 3.13. The highest BCUT2D eigenvalue weighted by Gasteiger charge is 2.32. The molecule has 0 aromatic heterocycles. The summed E-state index contributed by atoms with van der Waals surface area (Å²) < 4.78 is 36.6.